The first kappa shape index (κ1) is 22.5. The number of esters is 1. The summed E-state index contributed by atoms with van der Waals surface area (Å²) in [6, 6.07) is 15.0. The molecule has 10 nitrogen and oxygen atoms in total. The summed E-state index contributed by atoms with van der Waals surface area (Å²) in [4.78, 5) is 60.3. The highest BCUT2D eigenvalue weighted by atomic mass is 16.5. The van der Waals surface area contributed by atoms with Crippen LogP contribution in [0.15, 0.2) is 54.6 Å². The van der Waals surface area contributed by atoms with Crippen LogP contribution in [0.2, 0.25) is 0 Å². The second-order valence-corrected chi connectivity index (χ2v) is 7.19. The largest absolute Gasteiger partial charge is 0.455 e. The average Bonchev–Trinajstić information content (AvgIpc) is 3.17. The van der Waals surface area contributed by atoms with Gasteiger partial charge < -0.3 is 4.74 Å². The molecule has 32 heavy (non-hydrogen) atoms. The fraction of sp³-hybridized carbons (Fsp3) is 0.227. The minimum Gasteiger partial charge on any atom is -0.455 e. The van der Waals surface area contributed by atoms with Crippen molar-refractivity contribution in [3.8, 4) is 0 Å². The van der Waals surface area contributed by atoms with Gasteiger partial charge in [0.25, 0.3) is 17.7 Å². The number of hydrogen-bond acceptors (Lipinski definition) is 6. The Balaban J connectivity index is 1.42. The predicted molar refractivity (Wildman–Crippen MR) is 111 cm³/mol. The Morgan fingerprint density at radius 3 is 2.28 bits per heavy atom. The molecular weight excluding hydrogens is 416 g/mol. The fourth-order valence-corrected chi connectivity index (χ4v) is 2.94. The first-order chi connectivity index (χ1) is 15.3. The van der Waals surface area contributed by atoms with E-state index in [0.29, 0.717) is 11.1 Å². The summed E-state index contributed by atoms with van der Waals surface area (Å²) >= 11 is 0. The van der Waals surface area contributed by atoms with Gasteiger partial charge >= 0.3 is 5.97 Å². The van der Waals surface area contributed by atoms with Crippen molar-refractivity contribution in [3.63, 3.8) is 0 Å². The van der Waals surface area contributed by atoms with Crippen molar-refractivity contribution in [2.24, 2.45) is 5.92 Å². The lowest BCUT2D eigenvalue weighted by Gasteiger charge is -2.17. The van der Waals surface area contributed by atoms with Gasteiger partial charge in [-0.25, -0.2) is 0 Å². The van der Waals surface area contributed by atoms with Crippen LogP contribution in [0.4, 0.5) is 0 Å². The van der Waals surface area contributed by atoms with E-state index in [1.807, 2.05) is 6.92 Å². The lowest BCUT2D eigenvalue weighted by atomic mass is 10.1. The quantitative estimate of drug-likeness (QED) is 0.444. The zero-order chi connectivity index (χ0) is 23.1. The third kappa shape index (κ3) is 5.91. The molecular formula is C22H22N4O6. The molecule has 2 aromatic carbocycles. The second-order valence-electron chi connectivity index (χ2n) is 7.19. The van der Waals surface area contributed by atoms with E-state index in [-0.39, 0.29) is 13.0 Å². The van der Waals surface area contributed by atoms with E-state index in [2.05, 4.69) is 16.3 Å². The Morgan fingerprint density at radius 2 is 1.59 bits per heavy atom. The smallest absolute Gasteiger partial charge is 0.311 e. The number of benzene rings is 2. The van der Waals surface area contributed by atoms with Crippen LogP contribution in [0.1, 0.15) is 32.7 Å². The molecule has 3 rings (SSSR count). The van der Waals surface area contributed by atoms with E-state index in [1.165, 1.54) is 0 Å². The Hall–Kier alpha value is -4.21. The maximum atomic E-state index is 12.3. The molecule has 2 aromatic rings. The number of carbonyl (C=O) groups excluding carboxylic acids is 5. The first-order valence-electron chi connectivity index (χ1n) is 9.82. The highest BCUT2D eigenvalue weighted by Crippen LogP contribution is 2.18. The third-order valence-corrected chi connectivity index (χ3v) is 4.71. The summed E-state index contributed by atoms with van der Waals surface area (Å²) in [5.74, 6) is -3.75. The van der Waals surface area contributed by atoms with Gasteiger partial charge in [0, 0.05) is 17.5 Å². The van der Waals surface area contributed by atoms with Crippen molar-refractivity contribution in [1.82, 2.24) is 21.3 Å². The number of ether oxygens (including phenoxy) is 1. The highest BCUT2D eigenvalue weighted by molar-refractivity contribution is 5.97. The standard InChI is InChI=1S/C22H22N4O6/c1-14-7-9-16(10-8-14)21(30)25-26-12-17(11-19(26)28)22(31)32-13-18(27)23-24-20(29)15-5-3-2-4-6-15/h2-10,17H,11-13H2,1H3,(H,23,27)(H,24,29)(H,25,30)/t17-/m1/s1. The summed E-state index contributed by atoms with van der Waals surface area (Å²) in [7, 11) is 0. The van der Waals surface area contributed by atoms with Gasteiger partial charge in [0.2, 0.25) is 5.91 Å². The van der Waals surface area contributed by atoms with Crippen molar-refractivity contribution in [2.75, 3.05) is 13.2 Å². The molecule has 1 heterocycles. The van der Waals surface area contributed by atoms with E-state index < -0.39 is 42.1 Å². The zero-order valence-corrected chi connectivity index (χ0v) is 17.3. The monoisotopic (exact) mass is 438 g/mol. The SMILES string of the molecule is Cc1ccc(C(=O)NN2C[C@H](C(=O)OCC(=O)NNC(=O)c3ccccc3)CC2=O)cc1. The number of hydrazine groups is 2. The molecule has 0 unspecified atom stereocenters. The molecule has 1 saturated heterocycles. The summed E-state index contributed by atoms with van der Waals surface area (Å²) in [5, 5.41) is 1.06. The number of hydrogen-bond donors (Lipinski definition) is 3. The minimum absolute atomic E-state index is 0.0678. The van der Waals surface area contributed by atoms with Crippen molar-refractivity contribution < 1.29 is 28.7 Å². The van der Waals surface area contributed by atoms with Crippen LogP contribution in [0.5, 0.6) is 0 Å². The summed E-state index contributed by atoms with van der Waals surface area (Å²) in [5.41, 5.74) is 8.54. The minimum atomic E-state index is -0.826. The van der Waals surface area contributed by atoms with Crippen molar-refractivity contribution in [1.29, 1.82) is 0 Å². The van der Waals surface area contributed by atoms with Gasteiger partial charge in [-0.15, -0.1) is 0 Å². The van der Waals surface area contributed by atoms with Crippen LogP contribution >= 0.6 is 0 Å². The molecule has 166 valence electrons. The number of nitrogens with one attached hydrogen (secondary N) is 3. The summed E-state index contributed by atoms with van der Waals surface area (Å²) in [6.07, 6.45) is -0.153. The first-order valence-corrected chi connectivity index (χ1v) is 9.82. The zero-order valence-electron chi connectivity index (χ0n) is 17.3. The molecule has 3 N–H and O–H groups in total. The van der Waals surface area contributed by atoms with Crippen LogP contribution in [0, 0.1) is 12.8 Å². The normalized spacial score (nSPS) is 15.1. The van der Waals surface area contributed by atoms with Crippen molar-refractivity contribution >= 4 is 29.6 Å². The van der Waals surface area contributed by atoms with Gasteiger partial charge in [-0.2, -0.15) is 0 Å². The lowest BCUT2D eigenvalue weighted by Crippen LogP contribution is -2.44. The molecule has 1 fully saturated rings. The Labute approximate surface area is 183 Å². The maximum Gasteiger partial charge on any atom is 0.311 e. The van der Waals surface area contributed by atoms with Crippen LogP contribution in [-0.4, -0.2) is 47.8 Å². The van der Waals surface area contributed by atoms with Crippen LogP contribution < -0.4 is 16.3 Å². The second kappa shape index (κ2) is 10.2. The van der Waals surface area contributed by atoms with Gasteiger partial charge in [0.15, 0.2) is 6.61 Å². The van der Waals surface area contributed by atoms with Crippen LogP contribution in [0.25, 0.3) is 0 Å². The number of amides is 4. The van der Waals surface area contributed by atoms with E-state index >= 15 is 0 Å². The van der Waals surface area contributed by atoms with Gasteiger partial charge in [-0.3, -0.25) is 45.3 Å². The molecule has 0 aliphatic carbocycles. The molecule has 10 heteroatoms. The summed E-state index contributed by atoms with van der Waals surface area (Å²) < 4.78 is 4.93. The molecule has 4 amide bonds. The third-order valence-electron chi connectivity index (χ3n) is 4.71. The van der Waals surface area contributed by atoms with Gasteiger partial charge in [-0.1, -0.05) is 35.9 Å². The van der Waals surface area contributed by atoms with Crippen LogP contribution in [0.3, 0.4) is 0 Å². The average molecular weight is 438 g/mol. The van der Waals surface area contributed by atoms with E-state index in [9.17, 15) is 24.0 Å². The Morgan fingerprint density at radius 1 is 0.938 bits per heavy atom. The fourth-order valence-electron chi connectivity index (χ4n) is 2.94. The predicted octanol–water partition coefficient (Wildman–Crippen LogP) is 0.493. The number of rotatable bonds is 6. The van der Waals surface area contributed by atoms with Crippen molar-refractivity contribution in [2.45, 2.75) is 13.3 Å². The molecule has 0 radical (unpaired) electrons. The lowest BCUT2D eigenvalue weighted by molar-refractivity contribution is -0.152. The number of carbonyl (C=O) groups is 5. The molecule has 1 aliphatic heterocycles. The van der Waals surface area contributed by atoms with Crippen molar-refractivity contribution in [3.05, 3.63) is 71.3 Å². The van der Waals surface area contributed by atoms with Crippen LogP contribution in [-0.2, 0) is 19.1 Å². The molecule has 0 bridgehead atoms. The van der Waals surface area contributed by atoms with E-state index in [4.69, 9.17) is 4.74 Å². The molecule has 0 spiro atoms. The number of nitrogens with zero attached hydrogens (tertiary/aromatic N) is 1. The molecule has 0 aromatic heterocycles. The van der Waals surface area contributed by atoms with E-state index in [0.717, 1.165) is 10.6 Å². The topological polar surface area (TPSA) is 134 Å². The highest BCUT2D eigenvalue weighted by Gasteiger charge is 2.36. The summed E-state index contributed by atoms with van der Waals surface area (Å²) in [6.45, 7) is 1.19. The van der Waals surface area contributed by atoms with E-state index in [1.54, 1.807) is 54.6 Å². The Kier molecular flexibility index (Phi) is 7.17. The van der Waals surface area contributed by atoms with Gasteiger partial charge in [0.05, 0.1) is 12.5 Å². The van der Waals surface area contributed by atoms with Gasteiger partial charge in [-0.05, 0) is 31.2 Å². The molecule has 0 saturated carbocycles. The maximum absolute atomic E-state index is 12.3. The molecule has 1 atom stereocenters. The Bertz CT molecular complexity index is 1020. The van der Waals surface area contributed by atoms with Gasteiger partial charge in [0.1, 0.15) is 0 Å². The molecule has 1 aliphatic rings. The number of aryl methyl sites for hydroxylation is 1.